The summed E-state index contributed by atoms with van der Waals surface area (Å²) in [5.74, 6) is -0.596. The van der Waals surface area contributed by atoms with Crippen LogP contribution >= 0.6 is 0 Å². The van der Waals surface area contributed by atoms with Crippen molar-refractivity contribution >= 4 is 38.4 Å². The van der Waals surface area contributed by atoms with Crippen molar-refractivity contribution in [1.29, 1.82) is 0 Å². The second kappa shape index (κ2) is 9.70. The van der Waals surface area contributed by atoms with Crippen LogP contribution in [0.15, 0.2) is 90.0 Å². The second-order valence-corrected chi connectivity index (χ2v) is 10.8. The van der Waals surface area contributed by atoms with Gasteiger partial charge < -0.3 is 10.0 Å². The summed E-state index contributed by atoms with van der Waals surface area (Å²) in [5, 5.41) is 10.4. The van der Waals surface area contributed by atoms with Crippen LogP contribution in [0.2, 0.25) is 0 Å². The summed E-state index contributed by atoms with van der Waals surface area (Å²) in [6.07, 6.45) is 1.69. The molecule has 4 aromatic rings. The van der Waals surface area contributed by atoms with Gasteiger partial charge >= 0.3 is 11.5 Å². The molecule has 1 aliphatic rings. The fraction of sp³-hybridized carbons (Fsp3) is 0.148. The normalized spacial score (nSPS) is 16.3. The number of pyridine rings is 1. The van der Waals surface area contributed by atoms with Gasteiger partial charge in [-0.25, -0.2) is 18.1 Å². The molecule has 1 aromatic heterocycles. The number of anilines is 1. The molecule has 0 aliphatic carbocycles. The number of aromatic nitrogens is 1. The lowest BCUT2D eigenvalue weighted by Crippen LogP contribution is -2.36. The SMILES string of the molecule is O=C1[C@@H](Cc2ccc(O)cc2)N(Cc2ccnc3ccccc23)C(=O)N1c1ccc(S(=O)(=O)C(F)(F)F)cc1. The van der Waals surface area contributed by atoms with E-state index in [4.69, 9.17) is 0 Å². The number of sulfone groups is 1. The predicted molar refractivity (Wildman–Crippen MR) is 135 cm³/mol. The monoisotopic (exact) mass is 555 g/mol. The third-order valence-electron chi connectivity index (χ3n) is 6.47. The number of phenolic OH excluding ortho intramolecular Hbond substituents is 1. The first kappa shape index (κ1) is 26.2. The highest BCUT2D eigenvalue weighted by atomic mass is 32.2. The Labute approximate surface area is 220 Å². The average Bonchev–Trinajstić information content (AvgIpc) is 3.13. The number of alkyl halides is 3. The molecule has 1 N–H and O–H groups in total. The van der Waals surface area contributed by atoms with E-state index < -0.39 is 38.2 Å². The summed E-state index contributed by atoms with van der Waals surface area (Å²) in [7, 11) is -5.60. The largest absolute Gasteiger partial charge is 0.508 e. The lowest BCUT2D eigenvalue weighted by atomic mass is 10.0. The van der Waals surface area contributed by atoms with Gasteiger partial charge in [0.15, 0.2) is 0 Å². The minimum absolute atomic E-state index is 0.0308. The smallest absolute Gasteiger partial charge is 0.501 e. The van der Waals surface area contributed by atoms with Crippen LogP contribution < -0.4 is 4.90 Å². The first-order valence-corrected chi connectivity index (χ1v) is 13.1. The number of amides is 3. The molecule has 39 heavy (non-hydrogen) atoms. The zero-order chi connectivity index (χ0) is 27.9. The van der Waals surface area contributed by atoms with E-state index in [2.05, 4.69) is 4.98 Å². The molecule has 0 radical (unpaired) electrons. The maximum absolute atomic E-state index is 13.6. The molecule has 3 aromatic carbocycles. The zero-order valence-corrected chi connectivity index (χ0v) is 20.9. The van der Waals surface area contributed by atoms with Crippen molar-refractivity contribution in [1.82, 2.24) is 9.88 Å². The van der Waals surface area contributed by atoms with Gasteiger partial charge in [-0.3, -0.25) is 9.78 Å². The number of carbonyl (C=O) groups is 2. The van der Waals surface area contributed by atoms with Gasteiger partial charge in [-0.1, -0.05) is 30.3 Å². The van der Waals surface area contributed by atoms with Crippen LogP contribution in [0.25, 0.3) is 10.9 Å². The Balaban J connectivity index is 1.52. The van der Waals surface area contributed by atoms with Crippen LogP contribution in [0, 0.1) is 0 Å². The van der Waals surface area contributed by atoms with Crippen molar-refractivity contribution in [3.05, 3.63) is 96.2 Å². The van der Waals surface area contributed by atoms with Gasteiger partial charge in [0, 0.05) is 24.5 Å². The third-order valence-corrected chi connectivity index (χ3v) is 7.98. The quantitative estimate of drug-likeness (QED) is 0.342. The fourth-order valence-corrected chi connectivity index (χ4v) is 5.25. The number of imide groups is 1. The lowest BCUT2D eigenvalue weighted by Gasteiger charge is -2.23. The Morgan fingerprint density at radius 2 is 1.56 bits per heavy atom. The summed E-state index contributed by atoms with van der Waals surface area (Å²) in [5.41, 5.74) is -3.47. The molecule has 1 fully saturated rings. The predicted octanol–water partition coefficient (Wildman–Crippen LogP) is 4.81. The van der Waals surface area contributed by atoms with Crippen LogP contribution in [-0.2, 0) is 27.6 Å². The lowest BCUT2D eigenvalue weighted by molar-refractivity contribution is -0.119. The van der Waals surface area contributed by atoms with Crippen LogP contribution in [0.5, 0.6) is 5.75 Å². The summed E-state index contributed by atoms with van der Waals surface area (Å²) in [4.78, 5) is 32.7. The Morgan fingerprint density at radius 3 is 2.23 bits per heavy atom. The van der Waals surface area contributed by atoms with E-state index >= 15 is 0 Å². The van der Waals surface area contributed by atoms with Crippen LogP contribution in [0.1, 0.15) is 11.1 Å². The van der Waals surface area contributed by atoms with E-state index in [1.807, 2.05) is 24.3 Å². The minimum Gasteiger partial charge on any atom is -0.508 e. The van der Waals surface area contributed by atoms with Crippen molar-refractivity contribution in [3.8, 4) is 5.75 Å². The van der Waals surface area contributed by atoms with Gasteiger partial charge in [0.05, 0.1) is 16.1 Å². The number of carbonyl (C=O) groups excluding carboxylic acids is 2. The molecule has 3 amide bonds. The Kier molecular flexibility index (Phi) is 6.51. The third kappa shape index (κ3) is 4.78. The molecular formula is C27H20F3N3O5S. The van der Waals surface area contributed by atoms with E-state index in [0.717, 1.165) is 28.0 Å². The van der Waals surface area contributed by atoms with Crippen LogP contribution in [0.3, 0.4) is 0 Å². The summed E-state index contributed by atoms with van der Waals surface area (Å²) < 4.78 is 62.4. The van der Waals surface area contributed by atoms with Crippen LogP contribution in [0.4, 0.5) is 23.7 Å². The highest BCUT2D eigenvalue weighted by Gasteiger charge is 2.48. The number of aromatic hydroxyl groups is 1. The highest BCUT2D eigenvalue weighted by molar-refractivity contribution is 7.92. The van der Waals surface area contributed by atoms with E-state index in [-0.39, 0.29) is 24.4 Å². The molecule has 12 heteroatoms. The number of hydrogen-bond acceptors (Lipinski definition) is 6. The number of halogens is 3. The van der Waals surface area contributed by atoms with Gasteiger partial charge in [-0.05, 0) is 59.7 Å². The molecule has 200 valence electrons. The van der Waals surface area contributed by atoms with E-state index in [9.17, 15) is 36.3 Å². The summed E-state index contributed by atoms with van der Waals surface area (Å²) in [6.45, 7) is 0.0351. The molecule has 0 spiro atoms. The molecular weight excluding hydrogens is 535 g/mol. The Bertz CT molecular complexity index is 1670. The van der Waals surface area contributed by atoms with Gasteiger partial charge in [-0.15, -0.1) is 0 Å². The maximum Gasteiger partial charge on any atom is 0.501 e. The number of urea groups is 1. The van der Waals surface area contributed by atoms with E-state index in [0.29, 0.717) is 23.2 Å². The Morgan fingerprint density at radius 1 is 0.897 bits per heavy atom. The molecule has 8 nitrogen and oxygen atoms in total. The molecule has 2 heterocycles. The summed E-state index contributed by atoms with van der Waals surface area (Å²) in [6, 6.07) is 16.9. The van der Waals surface area contributed by atoms with Crippen molar-refractivity contribution in [2.75, 3.05) is 4.90 Å². The molecule has 1 saturated heterocycles. The zero-order valence-electron chi connectivity index (χ0n) is 20.0. The van der Waals surface area contributed by atoms with Gasteiger partial charge in [-0.2, -0.15) is 13.2 Å². The van der Waals surface area contributed by atoms with Crippen molar-refractivity contribution < 1.29 is 36.3 Å². The number of para-hydroxylation sites is 1. The molecule has 5 rings (SSSR count). The highest BCUT2D eigenvalue weighted by Crippen LogP contribution is 2.34. The number of rotatable bonds is 6. The Hall–Kier alpha value is -4.45. The van der Waals surface area contributed by atoms with Gasteiger partial charge in [0.1, 0.15) is 11.8 Å². The molecule has 1 aliphatic heterocycles. The number of phenols is 1. The second-order valence-electron chi connectivity index (χ2n) is 8.90. The number of fused-ring (bicyclic) bond motifs is 1. The first-order chi connectivity index (χ1) is 18.5. The standard InChI is InChI=1S/C27H20F3N3O5S/c28-27(29,30)39(37,38)21-11-7-19(8-12-21)33-25(35)24(15-17-5-9-20(34)10-6-17)32(26(33)36)16-18-13-14-31-23-4-2-1-3-22(18)23/h1-14,24,34H,15-16H2/t24-/m1/s1. The molecule has 1 atom stereocenters. The maximum atomic E-state index is 13.6. The first-order valence-electron chi connectivity index (χ1n) is 11.6. The molecule has 0 bridgehead atoms. The van der Waals surface area contributed by atoms with Crippen LogP contribution in [-0.4, -0.2) is 46.9 Å². The molecule has 0 saturated carbocycles. The van der Waals surface area contributed by atoms with E-state index in [1.165, 1.54) is 17.0 Å². The number of nitrogens with zero attached hydrogens (tertiary/aromatic N) is 3. The topological polar surface area (TPSA) is 108 Å². The van der Waals surface area contributed by atoms with Gasteiger partial charge in [0.25, 0.3) is 15.7 Å². The van der Waals surface area contributed by atoms with E-state index in [1.54, 1.807) is 24.4 Å². The minimum atomic E-state index is -5.60. The summed E-state index contributed by atoms with van der Waals surface area (Å²) >= 11 is 0. The fourth-order valence-electron chi connectivity index (χ4n) is 4.49. The van der Waals surface area contributed by atoms with Crippen molar-refractivity contribution in [2.45, 2.75) is 29.4 Å². The average molecular weight is 556 g/mol. The molecule has 0 unspecified atom stereocenters. The van der Waals surface area contributed by atoms with Gasteiger partial charge in [0.2, 0.25) is 0 Å². The number of hydrogen-bond donors (Lipinski definition) is 1. The van der Waals surface area contributed by atoms with Crippen molar-refractivity contribution in [3.63, 3.8) is 0 Å². The number of benzene rings is 3. The van der Waals surface area contributed by atoms with Crippen molar-refractivity contribution in [2.24, 2.45) is 0 Å².